The molecule has 0 heterocycles. The predicted molar refractivity (Wildman–Crippen MR) is 86.6 cm³/mol. The second-order valence-electron chi connectivity index (χ2n) is 4.00. The van der Waals surface area contributed by atoms with Crippen LogP contribution in [0.4, 0.5) is 0 Å². The molecule has 0 aliphatic heterocycles. The van der Waals surface area contributed by atoms with Crippen LogP contribution in [0.5, 0.6) is 5.75 Å². The van der Waals surface area contributed by atoms with Crippen LogP contribution in [0.3, 0.4) is 0 Å². The zero-order chi connectivity index (χ0) is 13.8. The fraction of sp³-hybridized carbons (Fsp3) is 0.200. The van der Waals surface area contributed by atoms with Crippen molar-refractivity contribution < 1.29 is 4.74 Å². The van der Waals surface area contributed by atoms with Gasteiger partial charge >= 0.3 is 0 Å². The standard InChI is InChI=1S/C15H14BrClOS/c1-18-13-8-7-10(9-12(13)16)15(17)11-5-3-4-6-14(11)19-2/h3-9,15H,1-2H3. The lowest BCUT2D eigenvalue weighted by atomic mass is 10.0. The van der Waals surface area contributed by atoms with Gasteiger partial charge in [0.15, 0.2) is 0 Å². The highest BCUT2D eigenvalue weighted by molar-refractivity contribution is 9.10. The van der Waals surface area contributed by atoms with Crippen molar-refractivity contribution in [3.05, 3.63) is 58.1 Å². The van der Waals surface area contributed by atoms with Gasteiger partial charge in [0.05, 0.1) is 17.0 Å². The fourth-order valence-electron chi connectivity index (χ4n) is 1.90. The van der Waals surface area contributed by atoms with Gasteiger partial charge < -0.3 is 4.74 Å². The van der Waals surface area contributed by atoms with Gasteiger partial charge in [-0.3, -0.25) is 0 Å². The van der Waals surface area contributed by atoms with Gasteiger partial charge in [-0.25, -0.2) is 0 Å². The van der Waals surface area contributed by atoms with Crippen LogP contribution in [-0.4, -0.2) is 13.4 Å². The van der Waals surface area contributed by atoms with E-state index in [0.29, 0.717) is 0 Å². The van der Waals surface area contributed by atoms with Crippen LogP contribution in [0.15, 0.2) is 51.8 Å². The summed E-state index contributed by atoms with van der Waals surface area (Å²) >= 11 is 11.8. The number of methoxy groups -OCH3 is 1. The number of thioether (sulfide) groups is 1. The Morgan fingerprint density at radius 2 is 1.95 bits per heavy atom. The zero-order valence-corrected chi connectivity index (χ0v) is 13.8. The van der Waals surface area contributed by atoms with Gasteiger partial charge in [0.25, 0.3) is 0 Å². The second-order valence-corrected chi connectivity index (χ2v) is 6.14. The minimum absolute atomic E-state index is 0.161. The average molecular weight is 358 g/mol. The first-order chi connectivity index (χ1) is 9.17. The van der Waals surface area contributed by atoms with Crippen molar-refractivity contribution in [2.75, 3.05) is 13.4 Å². The Kier molecular flexibility index (Phi) is 5.20. The molecule has 0 spiro atoms. The van der Waals surface area contributed by atoms with Crippen LogP contribution in [-0.2, 0) is 0 Å². The summed E-state index contributed by atoms with van der Waals surface area (Å²) in [6.07, 6.45) is 2.06. The van der Waals surface area contributed by atoms with Gasteiger partial charge in [-0.05, 0) is 51.5 Å². The lowest BCUT2D eigenvalue weighted by Gasteiger charge is -2.15. The molecule has 4 heteroatoms. The number of hydrogen-bond acceptors (Lipinski definition) is 2. The maximum absolute atomic E-state index is 6.61. The van der Waals surface area contributed by atoms with Crippen molar-refractivity contribution in [3.8, 4) is 5.75 Å². The van der Waals surface area contributed by atoms with Crippen molar-refractivity contribution in [3.63, 3.8) is 0 Å². The van der Waals surface area contributed by atoms with Gasteiger partial charge in [-0.2, -0.15) is 0 Å². The Bertz CT molecular complexity index is 574. The number of rotatable bonds is 4. The number of hydrogen-bond donors (Lipinski definition) is 0. The van der Waals surface area contributed by atoms with Crippen LogP contribution >= 0.6 is 39.3 Å². The van der Waals surface area contributed by atoms with Gasteiger partial charge in [0.1, 0.15) is 5.75 Å². The minimum atomic E-state index is -0.161. The number of benzene rings is 2. The molecule has 1 unspecified atom stereocenters. The molecule has 0 radical (unpaired) electrons. The summed E-state index contributed by atoms with van der Waals surface area (Å²) in [4.78, 5) is 1.20. The lowest BCUT2D eigenvalue weighted by Crippen LogP contribution is -1.96. The quantitative estimate of drug-likeness (QED) is 0.527. The highest BCUT2D eigenvalue weighted by Gasteiger charge is 2.15. The SMILES string of the molecule is COc1ccc(C(Cl)c2ccccc2SC)cc1Br. The van der Waals surface area contributed by atoms with E-state index in [1.165, 1.54) is 4.90 Å². The summed E-state index contributed by atoms with van der Waals surface area (Å²) in [7, 11) is 1.65. The van der Waals surface area contributed by atoms with Gasteiger partial charge in [-0.1, -0.05) is 24.3 Å². The summed E-state index contributed by atoms with van der Waals surface area (Å²) in [5.74, 6) is 0.811. The Morgan fingerprint density at radius 1 is 1.21 bits per heavy atom. The summed E-state index contributed by atoms with van der Waals surface area (Å²) in [6, 6.07) is 14.1. The maximum Gasteiger partial charge on any atom is 0.133 e. The lowest BCUT2D eigenvalue weighted by molar-refractivity contribution is 0.412. The smallest absolute Gasteiger partial charge is 0.133 e. The van der Waals surface area contributed by atoms with Crippen molar-refractivity contribution in [2.24, 2.45) is 0 Å². The molecule has 0 amide bonds. The summed E-state index contributed by atoms with van der Waals surface area (Å²) < 4.78 is 6.15. The topological polar surface area (TPSA) is 9.23 Å². The Morgan fingerprint density at radius 3 is 2.58 bits per heavy atom. The molecule has 100 valence electrons. The van der Waals surface area contributed by atoms with Crippen LogP contribution in [0.25, 0.3) is 0 Å². The van der Waals surface area contributed by atoms with Crippen LogP contribution in [0, 0.1) is 0 Å². The van der Waals surface area contributed by atoms with Gasteiger partial charge in [0, 0.05) is 4.90 Å². The molecule has 0 saturated heterocycles. The van der Waals surface area contributed by atoms with Crippen LogP contribution in [0.2, 0.25) is 0 Å². The fourth-order valence-corrected chi connectivity index (χ4v) is 3.48. The third-order valence-electron chi connectivity index (χ3n) is 2.88. The first-order valence-electron chi connectivity index (χ1n) is 5.77. The largest absolute Gasteiger partial charge is 0.496 e. The molecular weight excluding hydrogens is 344 g/mol. The van der Waals surface area contributed by atoms with E-state index >= 15 is 0 Å². The highest BCUT2D eigenvalue weighted by atomic mass is 79.9. The van der Waals surface area contributed by atoms with Crippen molar-refractivity contribution >= 4 is 39.3 Å². The molecule has 19 heavy (non-hydrogen) atoms. The molecule has 0 saturated carbocycles. The highest BCUT2D eigenvalue weighted by Crippen LogP contribution is 2.37. The Balaban J connectivity index is 2.38. The average Bonchev–Trinajstić information content (AvgIpc) is 2.46. The van der Waals surface area contributed by atoms with E-state index in [-0.39, 0.29) is 5.38 Å². The Labute approximate surface area is 131 Å². The molecule has 1 atom stereocenters. The number of halogens is 2. The van der Waals surface area contributed by atoms with E-state index < -0.39 is 0 Å². The molecule has 0 bridgehead atoms. The molecule has 0 aliphatic carbocycles. The summed E-state index contributed by atoms with van der Waals surface area (Å²) in [5, 5.41) is -0.161. The molecule has 0 aromatic heterocycles. The van der Waals surface area contributed by atoms with Crippen molar-refractivity contribution in [1.82, 2.24) is 0 Å². The first kappa shape index (κ1) is 14.8. The molecule has 0 N–H and O–H groups in total. The third-order valence-corrected chi connectivity index (χ3v) is 4.80. The minimum Gasteiger partial charge on any atom is -0.496 e. The molecule has 2 aromatic rings. The van der Waals surface area contributed by atoms with E-state index in [4.69, 9.17) is 16.3 Å². The van der Waals surface area contributed by atoms with E-state index in [1.54, 1.807) is 18.9 Å². The predicted octanol–water partition coefficient (Wildman–Crippen LogP) is 5.51. The summed E-state index contributed by atoms with van der Waals surface area (Å²) in [5.41, 5.74) is 2.18. The van der Waals surface area contributed by atoms with Crippen LogP contribution in [0.1, 0.15) is 16.5 Å². The number of ether oxygens (including phenoxy) is 1. The van der Waals surface area contributed by atoms with Gasteiger partial charge in [-0.15, -0.1) is 23.4 Å². The molecule has 2 rings (SSSR count). The van der Waals surface area contributed by atoms with E-state index in [1.807, 2.05) is 30.3 Å². The zero-order valence-electron chi connectivity index (χ0n) is 10.7. The third kappa shape index (κ3) is 3.28. The normalized spacial score (nSPS) is 12.2. The monoisotopic (exact) mass is 356 g/mol. The molecule has 0 fully saturated rings. The van der Waals surface area contributed by atoms with Crippen molar-refractivity contribution in [1.29, 1.82) is 0 Å². The number of alkyl halides is 1. The van der Waals surface area contributed by atoms with E-state index in [9.17, 15) is 0 Å². The van der Waals surface area contributed by atoms with Gasteiger partial charge in [0.2, 0.25) is 0 Å². The van der Waals surface area contributed by atoms with E-state index in [2.05, 4.69) is 34.3 Å². The summed E-state index contributed by atoms with van der Waals surface area (Å²) in [6.45, 7) is 0. The Hall–Kier alpha value is -0.640. The maximum atomic E-state index is 6.61. The van der Waals surface area contributed by atoms with Crippen molar-refractivity contribution in [2.45, 2.75) is 10.3 Å². The second kappa shape index (κ2) is 6.69. The molecule has 0 aliphatic rings. The molecule has 2 aromatic carbocycles. The first-order valence-corrected chi connectivity index (χ1v) is 8.23. The van der Waals surface area contributed by atoms with Crippen LogP contribution < -0.4 is 4.74 Å². The molecule has 1 nitrogen and oxygen atoms in total. The molecular formula is C15H14BrClOS. The van der Waals surface area contributed by atoms with E-state index in [0.717, 1.165) is 21.3 Å².